The number of hydrogen-bond donors (Lipinski definition) is 2. The lowest BCUT2D eigenvalue weighted by atomic mass is 10.00. The summed E-state index contributed by atoms with van der Waals surface area (Å²) < 4.78 is 0. The normalized spacial score (nSPS) is 13.7. The Hall–Kier alpha value is -1.50. The number of halogens is 1. The summed E-state index contributed by atoms with van der Waals surface area (Å²) in [6.07, 6.45) is 0.848. The minimum atomic E-state index is -0.544. The van der Waals surface area contributed by atoms with Crippen molar-refractivity contribution in [1.29, 1.82) is 0 Å². The Kier molecular flexibility index (Phi) is 5.27. The molecule has 0 spiro atoms. The highest BCUT2D eigenvalue weighted by Crippen LogP contribution is 2.27. The molecule has 2 unspecified atom stereocenters. The molecule has 7 heteroatoms. The van der Waals surface area contributed by atoms with Crippen LogP contribution in [0.5, 0.6) is 0 Å². The fourth-order valence-corrected chi connectivity index (χ4v) is 2.56. The van der Waals surface area contributed by atoms with Gasteiger partial charge in [0.15, 0.2) is 0 Å². The van der Waals surface area contributed by atoms with Crippen LogP contribution < -0.4 is 11.1 Å². The zero-order chi connectivity index (χ0) is 15.4. The monoisotopic (exact) mass is 324 g/mol. The van der Waals surface area contributed by atoms with Crippen molar-refractivity contribution in [1.82, 2.24) is 10.2 Å². The van der Waals surface area contributed by atoms with Gasteiger partial charge < -0.3 is 5.73 Å². The largest absolute Gasteiger partial charge is 0.320 e. The third kappa shape index (κ3) is 4.00. The molecule has 2 atom stereocenters. The second-order valence-corrected chi connectivity index (χ2v) is 6.23. The van der Waals surface area contributed by atoms with E-state index in [4.69, 9.17) is 17.3 Å². The summed E-state index contributed by atoms with van der Waals surface area (Å²) in [5.74, 6) is -0.114. The topological polar surface area (TPSA) is 80.9 Å². The van der Waals surface area contributed by atoms with Gasteiger partial charge >= 0.3 is 0 Å². The van der Waals surface area contributed by atoms with Gasteiger partial charge in [-0.25, -0.2) is 0 Å². The first-order valence-corrected chi connectivity index (χ1v) is 7.86. The first-order chi connectivity index (χ1) is 10.0. The number of carbonyl (C=O) groups is 1. The van der Waals surface area contributed by atoms with Gasteiger partial charge in [0.25, 0.3) is 0 Å². The molecule has 0 aliphatic carbocycles. The Labute approximate surface area is 132 Å². The van der Waals surface area contributed by atoms with Gasteiger partial charge in [0.2, 0.25) is 11.0 Å². The van der Waals surface area contributed by atoms with Crippen molar-refractivity contribution < 1.29 is 4.79 Å². The van der Waals surface area contributed by atoms with Crippen molar-refractivity contribution in [3.05, 3.63) is 29.3 Å². The average Bonchev–Trinajstić information content (AvgIpc) is 2.94. The van der Waals surface area contributed by atoms with Crippen molar-refractivity contribution in [2.75, 3.05) is 5.32 Å². The Morgan fingerprint density at radius 2 is 2.05 bits per heavy atom. The Balaban J connectivity index is 2.06. The van der Waals surface area contributed by atoms with Crippen molar-refractivity contribution in [2.24, 2.45) is 11.7 Å². The molecule has 0 aliphatic heterocycles. The molecule has 1 aromatic carbocycles. The number of benzene rings is 1. The predicted octanol–water partition coefficient (Wildman–Crippen LogP) is 3.17. The van der Waals surface area contributed by atoms with Gasteiger partial charge in [-0.3, -0.25) is 10.1 Å². The van der Waals surface area contributed by atoms with Gasteiger partial charge in [-0.15, -0.1) is 10.2 Å². The summed E-state index contributed by atoms with van der Waals surface area (Å²) in [5, 5.41) is 12.6. The Bertz CT molecular complexity index is 614. The summed E-state index contributed by atoms with van der Waals surface area (Å²) in [7, 11) is 0. The van der Waals surface area contributed by atoms with Crippen LogP contribution in [0.15, 0.2) is 24.3 Å². The Morgan fingerprint density at radius 1 is 1.38 bits per heavy atom. The van der Waals surface area contributed by atoms with Crippen LogP contribution in [0.1, 0.15) is 20.3 Å². The molecule has 0 saturated heterocycles. The number of hydrogen-bond acceptors (Lipinski definition) is 5. The quantitative estimate of drug-likeness (QED) is 0.885. The van der Waals surface area contributed by atoms with Gasteiger partial charge in [0, 0.05) is 10.6 Å². The van der Waals surface area contributed by atoms with E-state index >= 15 is 0 Å². The number of nitrogens with one attached hydrogen (secondary N) is 1. The summed E-state index contributed by atoms with van der Waals surface area (Å²) >= 11 is 7.15. The molecule has 0 fully saturated rings. The highest BCUT2D eigenvalue weighted by Gasteiger charge is 2.20. The molecule has 5 nitrogen and oxygen atoms in total. The number of rotatable bonds is 5. The molecule has 3 N–H and O–H groups in total. The number of carbonyl (C=O) groups excluding carboxylic acids is 1. The molecule has 2 rings (SSSR count). The van der Waals surface area contributed by atoms with Gasteiger partial charge in [0.1, 0.15) is 5.01 Å². The van der Waals surface area contributed by atoms with Crippen LogP contribution in [0, 0.1) is 5.92 Å². The second-order valence-electron chi connectivity index (χ2n) is 4.82. The molecular formula is C14H17ClN4OS. The molecule has 1 heterocycles. The van der Waals surface area contributed by atoms with Gasteiger partial charge in [-0.05, 0) is 18.1 Å². The first kappa shape index (κ1) is 15.9. The maximum atomic E-state index is 12.0. The van der Waals surface area contributed by atoms with E-state index in [0.29, 0.717) is 10.2 Å². The lowest BCUT2D eigenvalue weighted by Gasteiger charge is -2.16. The maximum absolute atomic E-state index is 12.0. The van der Waals surface area contributed by atoms with E-state index in [1.54, 1.807) is 12.1 Å². The fraction of sp³-hybridized carbons (Fsp3) is 0.357. The van der Waals surface area contributed by atoms with Crippen LogP contribution >= 0.6 is 22.9 Å². The van der Waals surface area contributed by atoms with Crippen molar-refractivity contribution in [2.45, 2.75) is 26.3 Å². The third-order valence-electron chi connectivity index (χ3n) is 3.31. The standard InChI is InChI=1S/C14H17ClN4OS/c1-3-8(2)11(16)12(20)17-14-19-18-13(21-14)9-4-6-10(15)7-5-9/h4-8,11H,3,16H2,1-2H3,(H,17,19,20). The van der Waals surface area contributed by atoms with E-state index in [0.717, 1.165) is 17.0 Å². The molecule has 112 valence electrons. The SMILES string of the molecule is CCC(C)C(N)C(=O)Nc1nnc(-c2ccc(Cl)cc2)s1. The van der Waals surface area contributed by atoms with Crippen molar-refractivity contribution in [3.63, 3.8) is 0 Å². The van der Waals surface area contributed by atoms with E-state index in [1.165, 1.54) is 11.3 Å². The first-order valence-electron chi connectivity index (χ1n) is 6.67. The molecule has 1 aromatic heterocycles. The van der Waals surface area contributed by atoms with Crippen molar-refractivity contribution in [3.8, 4) is 10.6 Å². The minimum Gasteiger partial charge on any atom is -0.320 e. The summed E-state index contributed by atoms with van der Waals surface area (Å²) in [6.45, 7) is 3.95. The predicted molar refractivity (Wildman–Crippen MR) is 86.4 cm³/mol. The number of anilines is 1. The Morgan fingerprint density at radius 3 is 2.67 bits per heavy atom. The van der Waals surface area contributed by atoms with E-state index < -0.39 is 6.04 Å². The van der Waals surface area contributed by atoms with E-state index in [-0.39, 0.29) is 11.8 Å². The van der Waals surface area contributed by atoms with Crippen LogP contribution in [-0.4, -0.2) is 22.1 Å². The van der Waals surface area contributed by atoms with Crippen LogP contribution in [0.3, 0.4) is 0 Å². The third-order valence-corrected chi connectivity index (χ3v) is 4.45. The molecule has 0 radical (unpaired) electrons. The molecule has 0 saturated carbocycles. The zero-order valence-corrected chi connectivity index (χ0v) is 13.4. The number of aromatic nitrogens is 2. The summed E-state index contributed by atoms with van der Waals surface area (Å²) in [4.78, 5) is 12.0. The fourth-order valence-electron chi connectivity index (χ4n) is 1.68. The van der Waals surface area contributed by atoms with Crippen LogP contribution in [0.2, 0.25) is 5.02 Å². The molecular weight excluding hydrogens is 308 g/mol. The van der Waals surface area contributed by atoms with E-state index in [9.17, 15) is 4.79 Å². The zero-order valence-electron chi connectivity index (χ0n) is 11.8. The molecule has 21 heavy (non-hydrogen) atoms. The van der Waals surface area contributed by atoms with Gasteiger partial charge in [-0.2, -0.15) is 0 Å². The molecule has 1 amide bonds. The van der Waals surface area contributed by atoms with Crippen LogP contribution in [0.25, 0.3) is 10.6 Å². The van der Waals surface area contributed by atoms with Crippen LogP contribution in [0.4, 0.5) is 5.13 Å². The maximum Gasteiger partial charge on any atom is 0.243 e. The lowest BCUT2D eigenvalue weighted by molar-refractivity contribution is -0.118. The number of nitrogens with two attached hydrogens (primary N) is 1. The lowest BCUT2D eigenvalue weighted by Crippen LogP contribution is -2.40. The summed E-state index contributed by atoms with van der Waals surface area (Å²) in [5.41, 5.74) is 6.79. The number of nitrogens with zero attached hydrogens (tertiary/aromatic N) is 2. The van der Waals surface area contributed by atoms with Gasteiger partial charge in [0.05, 0.1) is 6.04 Å². The highest BCUT2D eigenvalue weighted by molar-refractivity contribution is 7.18. The van der Waals surface area contributed by atoms with E-state index in [1.807, 2.05) is 26.0 Å². The summed E-state index contributed by atoms with van der Waals surface area (Å²) in [6, 6.07) is 6.75. The van der Waals surface area contributed by atoms with E-state index in [2.05, 4.69) is 15.5 Å². The smallest absolute Gasteiger partial charge is 0.243 e. The molecule has 0 bridgehead atoms. The molecule has 0 aliphatic rings. The van der Waals surface area contributed by atoms with Crippen LogP contribution in [-0.2, 0) is 4.79 Å². The molecule has 2 aromatic rings. The average molecular weight is 325 g/mol. The van der Waals surface area contributed by atoms with Gasteiger partial charge in [-0.1, -0.05) is 55.3 Å². The second kappa shape index (κ2) is 6.98. The minimum absolute atomic E-state index is 0.119. The van der Waals surface area contributed by atoms with Crippen molar-refractivity contribution >= 4 is 34.0 Å². The highest BCUT2D eigenvalue weighted by atomic mass is 35.5. The number of amides is 1.